The second kappa shape index (κ2) is 10.2. The van der Waals surface area contributed by atoms with Crippen LogP contribution in [-0.2, 0) is 6.42 Å². The molecule has 0 saturated heterocycles. The summed E-state index contributed by atoms with van der Waals surface area (Å²) in [5, 5.41) is 14.7. The minimum Gasteiger partial charge on any atom is -0.491 e. The van der Waals surface area contributed by atoms with E-state index in [1.165, 1.54) is 17.4 Å². The van der Waals surface area contributed by atoms with Gasteiger partial charge >= 0.3 is 0 Å². The van der Waals surface area contributed by atoms with Crippen molar-refractivity contribution in [3.8, 4) is 5.75 Å². The number of nitrogens with two attached hydrogens (primary N) is 1. The molecule has 4 N–H and O–H groups in total. The van der Waals surface area contributed by atoms with Gasteiger partial charge in [0.15, 0.2) is 11.6 Å². The van der Waals surface area contributed by atoms with Crippen LogP contribution < -0.4 is 15.8 Å². The molecule has 0 aliphatic carbocycles. The van der Waals surface area contributed by atoms with Crippen molar-refractivity contribution in [2.75, 3.05) is 19.7 Å². The second-order valence-electron chi connectivity index (χ2n) is 4.92. The predicted octanol–water partition coefficient (Wildman–Crippen LogP) is 1.51. The lowest BCUT2D eigenvalue weighted by atomic mass is 10.3. The average Bonchev–Trinajstić information content (AvgIpc) is 3.03. The van der Waals surface area contributed by atoms with Gasteiger partial charge in [-0.05, 0) is 18.7 Å². The van der Waals surface area contributed by atoms with Crippen molar-refractivity contribution >= 4 is 29.7 Å². The van der Waals surface area contributed by atoms with Crippen molar-refractivity contribution in [2.45, 2.75) is 12.5 Å². The van der Waals surface area contributed by atoms with Gasteiger partial charge in [0.05, 0.1) is 5.01 Å². The van der Waals surface area contributed by atoms with Gasteiger partial charge in [-0.1, -0.05) is 0 Å². The first kappa shape index (κ1) is 21.2. The Labute approximate surface area is 153 Å². The van der Waals surface area contributed by atoms with Crippen LogP contribution in [0.1, 0.15) is 15.5 Å². The summed E-state index contributed by atoms with van der Waals surface area (Å²) in [5.74, 6) is -2.34. The molecule has 0 aliphatic rings. The lowest BCUT2D eigenvalue weighted by Crippen LogP contribution is -2.35. The van der Waals surface area contributed by atoms with E-state index in [1.807, 2.05) is 0 Å². The first-order valence-electron chi connectivity index (χ1n) is 7.18. The van der Waals surface area contributed by atoms with Gasteiger partial charge < -0.3 is 20.9 Å². The Hall–Kier alpha value is -1.81. The number of nitrogens with zero attached hydrogens (tertiary/aromatic N) is 1. The molecule has 25 heavy (non-hydrogen) atoms. The molecule has 6 nitrogen and oxygen atoms in total. The van der Waals surface area contributed by atoms with Crippen LogP contribution in [0.4, 0.5) is 8.78 Å². The number of aromatic nitrogens is 1. The van der Waals surface area contributed by atoms with E-state index in [1.54, 1.807) is 5.38 Å². The van der Waals surface area contributed by atoms with E-state index < -0.39 is 23.6 Å². The fourth-order valence-corrected chi connectivity index (χ4v) is 2.57. The molecule has 1 aromatic carbocycles. The number of carbonyl (C=O) groups is 1. The Morgan fingerprint density at radius 3 is 2.84 bits per heavy atom. The van der Waals surface area contributed by atoms with Crippen LogP contribution in [0.25, 0.3) is 0 Å². The van der Waals surface area contributed by atoms with Crippen molar-refractivity contribution in [1.29, 1.82) is 0 Å². The number of hydrogen-bond acceptors (Lipinski definition) is 6. The maximum atomic E-state index is 13.0. The number of ether oxygens (including phenoxy) is 1. The number of hydrogen-bond donors (Lipinski definition) is 3. The summed E-state index contributed by atoms with van der Waals surface area (Å²) in [5.41, 5.74) is 5.68. The number of nitrogens with one attached hydrogen (secondary N) is 1. The molecule has 0 bridgehead atoms. The highest BCUT2D eigenvalue weighted by Gasteiger charge is 2.13. The van der Waals surface area contributed by atoms with Crippen molar-refractivity contribution in [3.05, 3.63) is 45.9 Å². The molecular weight excluding hydrogens is 376 g/mol. The van der Waals surface area contributed by atoms with Crippen LogP contribution in [0.5, 0.6) is 5.75 Å². The van der Waals surface area contributed by atoms with E-state index in [4.69, 9.17) is 10.5 Å². The monoisotopic (exact) mass is 393 g/mol. The molecule has 10 heteroatoms. The maximum Gasteiger partial charge on any atom is 0.270 e. The van der Waals surface area contributed by atoms with Crippen molar-refractivity contribution in [1.82, 2.24) is 10.3 Å². The van der Waals surface area contributed by atoms with Crippen molar-refractivity contribution in [2.24, 2.45) is 5.73 Å². The van der Waals surface area contributed by atoms with Gasteiger partial charge in [0.25, 0.3) is 5.91 Å². The Morgan fingerprint density at radius 1 is 1.40 bits per heavy atom. The third-order valence-electron chi connectivity index (χ3n) is 2.97. The lowest BCUT2D eigenvalue weighted by molar-refractivity contribution is 0.0839. The first-order valence-corrected chi connectivity index (χ1v) is 8.06. The predicted molar refractivity (Wildman–Crippen MR) is 92.3 cm³/mol. The number of halogens is 3. The lowest BCUT2D eigenvalue weighted by Gasteiger charge is -2.13. The molecule has 0 radical (unpaired) electrons. The molecule has 1 heterocycles. The van der Waals surface area contributed by atoms with Gasteiger partial charge in [-0.2, -0.15) is 0 Å². The van der Waals surface area contributed by atoms with Crippen LogP contribution in [-0.4, -0.2) is 41.8 Å². The Balaban J connectivity index is 0.00000312. The minimum atomic E-state index is -1.04. The number of amides is 1. The van der Waals surface area contributed by atoms with Crippen LogP contribution >= 0.6 is 23.7 Å². The summed E-state index contributed by atoms with van der Waals surface area (Å²) < 4.78 is 30.9. The van der Waals surface area contributed by atoms with Gasteiger partial charge in [0, 0.05) is 24.4 Å². The molecule has 1 atom stereocenters. The van der Waals surface area contributed by atoms with E-state index in [0.717, 1.165) is 17.1 Å². The summed E-state index contributed by atoms with van der Waals surface area (Å²) in [7, 11) is 0. The van der Waals surface area contributed by atoms with Gasteiger partial charge in [-0.25, -0.2) is 13.8 Å². The smallest absolute Gasteiger partial charge is 0.270 e. The Bertz CT molecular complexity index is 702. The summed E-state index contributed by atoms with van der Waals surface area (Å²) in [4.78, 5) is 16.0. The maximum absolute atomic E-state index is 13.0. The Kier molecular flexibility index (Phi) is 8.70. The highest BCUT2D eigenvalue weighted by molar-refractivity contribution is 7.09. The molecule has 0 fully saturated rings. The van der Waals surface area contributed by atoms with Gasteiger partial charge in [-0.15, -0.1) is 23.7 Å². The van der Waals surface area contributed by atoms with Crippen LogP contribution in [0.15, 0.2) is 23.6 Å². The van der Waals surface area contributed by atoms with E-state index in [9.17, 15) is 18.7 Å². The van der Waals surface area contributed by atoms with Crippen LogP contribution in [0.2, 0.25) is 0 Å². The van der Waals surface area contributed by atoms with Crippen molar-refractivity contribution in [3.63, 3.8) is 0 Å². The van der Waals surface area contributed by atoms with E-state index >= 15 is 0 Å². The molecular formula is C15H18ClF2N3O3S. The second-order valence-corrected chi connectivity index (χ2v) is 5.86. The molecule has 1 amide bonds. The molecule has 0 saturated carbocycles. The van der Waals surface area contributed by atoms with Gasteiger partial charge in [0.1, 0.15) is 24.2 Å². The fraction of sp³-hybridized carbons (Fsp3) is 0.333. The average molecular weight is 394 g/mol. The number of aliphatic hydroxyl groups excluding tert-OH is 1. The number of aliphatic hydroxyl groups is 1. The third kappa shape index (κ3) is 6.54. The summed E-state index contributed by atoms with van der Waals surface area (Å²) in [6.45, 7) is 0.210. The van der Waals surface area contributed by atoms with E-state index in [2.05, 4.69) is 10.3 Å². The number of benzene rings is 1. The Morgan fingerprint density at radius 2 is 2.16 bits per heavy atom. The number of rotatable bonds is 8. The van der Waals surface area contributed by atoms with E-state index in [0.29, 0.717) is 13.0 Å². The molecule has 1 aromatic heterocycles. The van der Waals surface area contributed by atoms with Crippen LogP contribution in [0.3, 0.4) is 0 Å². The van der Waals surface area contributed by atoms with Gasteiger partial charge in [0.2, 0.25) is 0 Å². The minimum absolute atomic E-state index is 0. The van der Waals surface area contributed by atoms with E-state index in [-0.39, 0.29) is 37.0 Å². The largest absolute Gasteiger partial charge is 0.491 e. The molecule has 1 unspecified atom stereocenters. The summed E-state index contributed by atoms with van der Waals surface area (Å²) in [6, 6.07) is 3.06. The topological polar surface area (TPSA) is 97.5 Å². The highest BCUT2D eigenvalue weighted by atomic mass is 35.5. The molecule has 0 aliphatic heterocycles. The highest BCUT2D eigenvalue weighted by Crippen LogP contribution is 2.15. The zero-order valence-corrected chi connectivity index (χ0v) is 14.7. The quantitative estimate of drug-likeness (QED) is 0.631. The molecule has 138 valence electrons. The summed E-state index contributed by atoms with van der Waals surface area (Å²) in [6.07, 6.45) is -0.410. The van der Waals surface area contributed by atoms with Crippen molar-refractivity contribution < 1.29 is 23.4 Å². The fourth-order valence-electron chi connectivity index (χ4n) is 1.77. The SMILES string of the molecule is Cl.NCCc1nc(C(=O)NCC(O)COc2ccc(F)c(F)c2)cs1. The number of thiazole rings is 1. The normalized spacial score (nSPS) is 11.5. The third-order valence-corrected chi connectivity index (χ3v) is 3.88. The zero-order chi connectivity index (χ0) is 17.5. The first-order chi connectivity index (χ1) is 11.5. The molecule has 2 rings (SSSR count). The molecule has 2 aromatic rings. The van der Waals surface area contributed by atoms with Gasteiger partial charge in [-0.3, -0.25) is 4.79 Å². The summed E-state index contributed by atoms with van der Waals surface area (Å²) >= 11 is 1.34. The molecule has 0 spiro atoms. The number of carbonyl (C=O) groups excluding carboxylic acids is 1. The zero-order valence-electron chi connectivity index (χ0n) is 13.1. The van der Waals surface area contributed by atoms with Crippen LogP contribution in [0, 0.1) is 11.6 Å². The standard InChI is InChI=1S/C15H17F2N3O3S.ClH/c16-11-2-1-10(5-12(11)17)23-7-9(21)6-19-15(22)13-8-24-14(20-13)3-4-18;/h1-2,5,8-9,21H,3-4,6-7,18H2,(H,19,22);1H.